The van der Waals surface area contributed by atoms with Crippen LogP contribution in [0.15, 0.2) is 22.7 Å². The maximum atomic E-state index is 12.8. The second-order valence-corrected chi connectivity index (χ2v) is 4.73. The second-order valence-electron chi connectivity index (χ2n) is 3.82. The number of carbonyl (C=O) groups is 2. The predicted molar refractivity (Wildman–Crippen MR) is 65.3 cm³/mol. The largest absolute Gasteiger partial charge is 0.417 e. The molecule has 0 unspecified atom stereocenters. The number of nitrogens with two attached hydrogens (primary N) is 1. The highest BCUT2D eigenvalue weighted by atomic mass is 79.9. The molecule has 0 saturated carbocycles. The summed E-state index contributed by atoms with van der Waals surface area (Å²) in [7, 11) is 1.20. The number of hydrogen-bond acceptors (Lipinski definition) is 2. The predicted octanol–water partition coefficient (Wildman–Crippen LogP) is 2.03. The fourth-order valence-electron chi connectivity index (χ4n) is 1.45. The topological polar surface area (TPSA) is 63.4 Å². The van der Waals surface area contributed by atoms with Gasteiger partial charge in [-0.3, -0.25) is 9.59 Å². The molecule has 0 aliphatic rings. The van der Waals surface area contributed by atoms with Gasteiger partial charge in [0, 0.05) is 11.5 Å². The lowest BCUT2D eigenvalue weighted by molar-refractivity contribution is -0.138. The second kappa shape index (κ2) is 5.60. The van der Waals surface area contributed by atoms with Crippen LogP contribution in [0.25, 0.3) is 0 Å². The van der Waals surface area contributed by atoms with Crippen LogP contribution in [0.3, 0.4) is 0 Å². The lowest BCUT2D eigenvalue weighted by Crippen LogP contribution is -2.36. The molecular formula is C11H10BrF3N2O2. The third-order valence-corrected chi connectivity index (χ3v) is 2.75. The zero-order valence-electron chi connectivity index (χ0n) is 9.79. The van der Waals surface area contributed by atoms with Crippen molar-refractivity contribution in [2.45, 2.75) is 6.18 Å². The summed E-state index contributed by atoms with van der Waals surface area (Å²) in [6.45, 7) is -0.452. The van der Waals surface area contributed by atoms with Gasteiger partial charge in [-0.1, -0.05) is 15.9 Å². The van der Waals surface area contributed by atoms with Gasteiger partial charge in [-0.25, -0.2) is 0 Å². The highest BCUT2D eigenvalue weighted by Crippen LogP contribution is 2.34. The van der Waals surface area contributed by atoms with Crippen LogP contribution in [-0.2, 0) is 11.0 Å². The summed E-state index contributed by atoms with van der Waals surface area (Å²) in [5.41, 5.74) is 3.30. The zero-order valence-corrected chi connectivity index (χ0v) is 11.4. The van der Waals surface area contributed by atoms with Crippen LogP contribution in [0.4, 0.5) is 13.2 Å². The standard InChI is InChI=1S/C11H10BrF3N2O2/c1-17(5-9(16)18)10(19)7-3-2-6(12)4-8(7)11(13,14)15/h2-4H,5H2,1H3,(H2,16,18). The Labute approximate surface area is 115 Å². The molecule has 104 valence electrons. The highest BCUT2D eigenvalue weighted by Gasteiger charge is 2.36. The fraction of sp³-hybridized carbons (Fsp3) is 0.273. The Morgan fingerprint density at radius 1 is 1.37 bits per heavy atom. The first-order valence-electron chi connectivity index (χ1n) is 5.03. The number of amides is 2. The number of halogens is 4. The first-order valence-corrected chi connectivity index (χ1v) is 5.82. The van der Waals surface area contributed by atoms with Gasteiger partial charge in [-0.05, 0) is 18.2 Å². The maximum absolute atomic E-state index is 12.8. The number of nitrogens with zero attached hydrogens (tertiary/aromatic N) is 1. The summed E-state index contributed by atoms with van der Waals surface area (Å²) in [5.74, 6) is -1.72. The van der Waals surface area contributed by atoms with E-state index < -0.39 is 35.7 Å². The van der Waals surface area contributed by atoms with Gasteiger partial charge in [0.2, 0.25) is 5.91 Å². The molecule has 0 spiro atoms. The van der Waals surface area contributed by atoms with Crippen LogP contribution in [0.5, 0.6) is 0 Å². The van der Waals surface area contributed by atoms with Crippen molar-refractivity contribution < 1.29 is 22.8 Å². The van der Waals surface area contributed by atoms with E-state index in [0.717, 1.165) is 17.0 Å². The van der Waals surface area contributed by atoms with Crippen LogP contribution in [-0.4, -0.2) is 30.3 Å². The van der Waals surface area contributed by atoms with Crippen LogP contribution >= 0.6 is 15.9 Å². The minimum atomic E-state index is -4.66. The minimum Gasteiger partial charge on any atom is -0.368 e. The fourth-order valence-corrected chi connectivity index (χ4v) is 1.81. The lowest BCUT2D eigenvalue weighted by atomic mass is 10.1. The quantitative estimate of drug-likeness (QED) is 0.916. The maximum Gasteiger partial charge on any atom is 0.417 e. The molecule has 0 aliphatic heterocycles. The van der Waals surface area contributed by atoms with Crippen LogP contribution < -0.4 is 5.73 Å². The van der Waals surface area contributed by atoms with Gasteiger partial charge in [0.05, 0.1) is 17.7 Å². The third-order valence-electron chi connectivity index (χ3n) is 2.26. The third kappa shape index (κ3) is 3.95. The van der Waals surface area contributed by atoms with Crippen molar-refractivity contribution in [2.24, 2.45) is 5.73 Å². The molecule has 0 aromatic heterocycles. The molecule has 2 amide bonds. The number of carbonyl (C=O) groups excluding carboxylic acids is 2. The van der Waals surface area contributed by atoms with E-state index in [9.17, 15) is 22.8 Å². The summed E-state index contributed by atoms with van der Waals surface area (Å²) < 4.78 is 38.7. The molecular weight excluding hydrogens is 329 g/mol. The average Bonchev–Trinajstić information content (AvgIpc) is 2.25. The SMILES string of the molecule is CN(CC(N)=O)C(=O)c1ccc(Br)cc1C(F)(F)F. The van der Waals surface area contributed by atoms with Crippen LogP contribution in [0, 0.1) is 0 Å². The molecule has 0 fully saturated rings. The molecule has 8 heteroatoms. The smallest absolute Gasteiger partial charge is 0.368 e. The van der Waals surface area contributed by atoms with Crippen molar-refractivity contribution >= 4 is 27.7 Å². The number of rotatable bonds is 3. The normalized spacial score (nSPS) is 11.2. The number of alkyl halides is 3. The summed E-state index contributed by atoms with van der Waals surface area (Å²) in [6, 6.07) is 3.18. The van der Waals surface area contributed by atoms with Crippen molar-refractivity contribution in [3.05, 3.63) is 33.8 Å². The first kappa shape index (κ1) is 15.5. The average molecular weight is 339 g/mol. The molecule has 0 bridgehead atoms. The van der Waals surface area contributed by atoms with E-state index >= 15 is 0 Å². The van der Waals surface area contributed by atoms with Gasteiger partial charge in [-0.15, -0.1) is 0 Å². The van der Waals surface area contributed by atoms with Crippen molar-refractivity contribution in [3.63, 3.8) is 0 Å². The number of likely N-dealkylation sites (N-methyl/N-ethyl adjacent to an activating group) is 1. The number of benzene rings is 1. The number of hydrogen-bond donors (Lipinski definition) is 1. The molecule has 0 atom stereocenters. The van der Waals surface area contributed by atoms with Gasteiger partial charge in [-0.2, -0.15) is 13.2 Å². The van der Waals surface area contributed by atoms with E-state index in [2.05, 4.69) is 15.9 Å². The van der Waals surface area contributed by atoms with Crippen molar-refractivity contribution in [1.29, 1.82) is 0 Å². The number of primary amides is 1. The molecule has 1 rings (SSSR count). The Bertz CT molecular complexity index is 517. The summed E-state index contributed by atoms with van der Waals surface area (Å²) in [6.07, 6.45) is -4.66. The Morgan fingerprint density at radius 3 is 2.42 bits per heavy atom. The summed E-state index contributed by atoms with van der Waals surface area (Å²) in [4.78, 5) is 23.4. The van der Waals surface area contributed by atoms with E-state index in [4.69, 9.17) is 5.73 Å². The molecule has 0 radical (unpaired) electrons. The van der Waals surface area contributed by atoms with Gasteiger partial charge >= 0.3 is 6.18 Å². The highest BCUT2D eigenvalue weighted by molar-refractivity contribution is 9.10. The van der Waals surface area contributed by atoms with Crippen molar-refractivity contribution in [1.82, 2.24) is 4.90 Å². The van der Waals surface area contributed by atoms with Crippen LogP contribution in [0.1, 0.15) is 15.9 Å². The zero-order chi connectivity index (χ0) is 14.8. The van der Waals surface area contributed by atoms with Gasteiger partial charge < -0.3 is 10.6 Å². The van der Waals surface area contributed by atoms with Gasteiger partial charge in [0.1, 0.15) is 0 Å². The molecule has 0 heterocycles. The lowest BCUT2D eigenvalue weighted by Gasteiger charge is -2.18. The van der Waals surface area contributed by atoms with E-state index in [0.29, 0.717) is 0 Å². The van der Waals surface area contributed by atoms with E-state index in [1.165, 1.54) is 13.1 Å². The minimum absolute atomic E-state index is 0.203. The molecule has 4 nitrogen and oxygen atoms in total. The van der Waals surface area contributed by atoms with Gasteiger partial charge in [0.25, 0.3) is 5.91 Å². The first-order chi connectivity index (χ1) is 8.62. The van der Waals surface area contributed by atoms with E-state index in [-0.39, 0.29) is 4.47 Å². The molecule has 1 aromatic carbocycles. The molecule has 19 heavy (non-hydrogen) atoms. The van der Waals surface area contributed by atoms with Crippen molar-refractivity contribution in [3.8, 4) is 0 Å². The summed E-state index contributed by atoms with van der Waals surface area (Å²) in [5, 5.41) is 0. The van der Waals surface area contributed by atoms with E-state index in [1.807, 2.05) is 0 Å². The van der Waals surface area contributed by atoms with E-state index in [1.54, 1.807) is 0 Å². The molecule has 2 N–H and O–H groups in total. The Balaban J connectivity index is 3.20. The van der Waals surface area contributed by atoms with Crippen LogP contribution in [0.2, 0.25) is 0 Å². The molecule has 0 saturated heterocycles. The van der Waals surface area contributed by atoms with Crippen molar-refractivity contribution in [2.75, 3.05) is 13.6 Å². The Kier molecular flexibility index (Phi) is 4.56. The van der Waals surface area contributed by atoms with Gasteiger partial charge in [0.15, 0.2) is 0 Å². The molecule has 0 aliphatic carbocycles. The monoisotopic (exact) mass is 338 g/mol. The Morgan fingerprint density at radius 2 is 1.95 bits per heavy atom. The Hall–Kier alpha value is -1.57. The summed E-state index contributed by atoms with van der Waals surface area (Å²) >= 11 is 2.92. The molecule has 1 aromatic rings.